The molecule has 4 nitrogen and oxygen atoms in total. The minimum atomic E-state index is -2.81. The van der Waals surface area contributed by atoms with Crippen LogP contribution in [0.2, 0.25) is 0 Å². The van der Waals surface area contributed by atoms with Crippen LogP contribution in [-0.2, 0) is 6.54 Å². The Morgan fingerprint density at radius 3 is 2.84 bits per heavy atom. The number of aromatic amines is 1. The fourth-order valence-corrected chi connectivity index (χ4v) is 1.74. The topological polar surface area (TPSA) is 49.9 Å². The number of ether oxygens (including phenoxy) is 1. The molecular weight excluding hydrogens is 252 g/mol. The van der Waals surface area contributed by atoms with E-state index in [1.165, 1.54) is 6.07 Å². The van der Waals surface area contributed by atoms with Crippen LogP contribution in [0.3, 0.4) is 0 Å². The molecule has 0 saturated carbocycles. The first-order chi connectivity index (χ1) is 9.16. The number of halogens is 2. The number of para-hydroxylation sites is 1. The maximum Gasteiger partial charge on any atom is 0.387 e. The van der Waals surface area contributed by atoms with Crippen LogP contribution in [0.4, 0.5) is 8.78 Å². The molecule has 0 amide bonds. The third-order valence-corrected chi connectivity index (χ3v) is 2.81. The van der Waals surface area contributed by atoms with Gasteiger partial charge in [-0.15, -0.1) is 0 Å². The lowest BCUT2D eigenvalue weighted by Gasteiger charge is -2.14. The molecule has 0 spiro atoms. The summed E-state index contributed by atoms with van der Waals surface area (Å²) in [4.78, 5) is 0. The Morgan fingerprint density at radius 1 is 1.37 bits per heavy atom. The summed E-state index contributed by atoms with van der Waals surface area (Å²) < 4.78 is 29.0. The highest BCUT2D eigenvalue weighted by Crippen LogP contribution is 2.21. The van der Waals surface area contributed by atoms with E-state index in [4.69, 9.17) is 0 Å². The Bertz CT molecular complexity index is 502. The van der Waals surface area contributed by atoms with Gasteiger partial charge in [0.2, 0.25) is 0 Å². The third-order valence-electron chi connectivity index (χ3n) is 2.81. The van der Waals surface area contributed by atoms with Gasteiger partial charge in [0.05, 0.1) is 6.20 Å². The van der Waals surface area contributed by atoms with E-state index in [9.17, 15) is 8.78 Å². The lowest BCUT2D eigenvalue weighted by molar-refractivity contribution is -0.0505. The monoisotopic (exact) mass is 267 g/mol. The zero-order valence-corrected chi connectivity index (χ0v) is 10.4. The molecule has 0 radical (unpaired) electrons. The molecule has 2 N–H and O–H groups in total. The molecule has 0 bridgehead atoms. The van der Waals surface area contributed by atoms with Crippen LogP contribution in [0, 0.1) is 0 Å². The molecule has 1 atom stereocenters. The Labute approximate surface area is 109 Å². The number of aromatic nitrogens is 2. The lowest BCUT2D eigenvalue weighted by atomic mass is 10.1. The van der Waals surface area contributed by atoms with Crippen molar-refractivity contribution in [3.05, 3.63) is 47.8 Å². The summed E-state index contributed by atoms with van der Waals surface area (Å²) in [5.74, 6) is 0.199. The van der Waals surface area contributed by atoms with Gasteiger partial charge in [-0.05, 0) is 13.0 Å². The Kier molecular flexibility index (Phi) is 4.46. The molecule has 0 aliphatic rings. The van der Waals surface area contributed by atoms with Crippen LogP contribution < -0.4 is 10.1 Å². The molecule has 1 unspecified atom stereocenters. The summed E-state index contributed by atoms with van der Waals surface area (Å²) in [6.45, 7) is -0.399. The van der Waals surface area contributed by atoms with Crippen molar-refractivity contribution in [3.8, 4) is 5.75 Å². The average molecular weight is 267 g/mol. The predicted molar refractivity (Wildman–Crippen MR) is 66.9 cm³/mol. The Morgan fingerprint density at radius 2 is 2.16 bits per heavy atom. The maximum atomic E-state index is 12.3. The number of hydrogen-bond acceptors (Lipinski definition) is 3. The number of hydrogen-bond donors (Lipinski definition) is 2. The molecule has 2 aromatic rings. The van der Waals surface area contributed by atoms with Gasteiger partial charge in [0, 0.05) is 29.9 Å². The normalized spacial score (nSPS) is 12.6. The van der Waals surface area contributed by atoms with Gasteiger partial charge < -0.3 is 10.1 Å². The van der Waals surface area contributed by atoms with E-state index in [0.29, 0.717) is 12.1 Å². The second kappa shape index (κ2) is 6.29. The highest BCUT2D eigenvalue weighted by atomic mass is 19.3. The van der Waals surface area contributed by atoms with E-state index in [1.54, 1.807) is 30.6 Å². The highest BCUT2D eigenvalue weighted by molar-refractivity contribution is 5.33. The maximum absolute atomic E-state index is 12.3. The molecule has 1 aromatic heterocycles. The van der Waals surface area contributed by atoms with E-state index in [0.717, 1.165) is 5.56 Å². The zero-order valence-electron chi connectivity index (χ0n) is 10.4. The molecule has 102 valence electrons. The Balaban J connectivity index is 1.99. The first-order valence-electron chi connectivity index (χ1n) is 5.91. The number of benzene rings is 1. The number of alkyl halides is 2. The number of rotatable bonds is 6. The van der Waals surface area contributed by atoms with Gasteiger partial charge in [0.1, 0.15) is 5.75 Å². The summed E-state index contributed by atoms with van der Waals surface area (Å²) in [6.07, 6.45) is 3.51. The average Bonchev–Trinajstić information content (AvgIpc) is 2.90. The van der Waals surface area contributed by atoms with Crippen molar-refractivity contribution in [1.29, 1.82) is 0 Å². The fourth-order valence-electron chi connectivity index (χ4n) is 1.74. The molecule has 0 fully saturated rings. The fraction of sp³-hybridized carbons (Fsp3) is 0.308. The van der Waals surface area contributed by atoms with E-state index >= 15 is 0 Å². The molecule has 1 heterocycles. The Hall–Kier alpha value is -1.95. The second-order valence-electron chi connectivity index (χ2n) is 4.12. The minimum absolute atomic E-state index is 0.0679. The van der Waals surface area contributed by atoms with Gasteiger partial charge in [-0.1, -0.05) is 18.2 Å². The van der Waals surface area contributed by atoms with Crippen LogP contribution in [0.5, 0.6) is 5.75 Å². The van der Waals surface area contributed by atoms with Gasteiger partial charge in [0.25, 0.3) is 0 Å². The number of nitrogens with one attached hydrogen (secondary N) is 2. The van der Waals surface area contributed by atoms with Crippen molar-refractivity contribution in [2.24, 2.45) is 0 Å². The summed E-state index contributed by atoms with van der Waals surface area (Å²) in [5, 5.41) is 9.83. The van der Waals surface area contributed by atoms with Gasteiger partial charge in [-0.3, -0.25) is 5.10 Å². The van der Waals surface area contributed by atoms with Crippen molar-refractivity contribution >= 4 is 0 Å². The van der Waals surface area contributed by atoms with Gasteiger partial charge in [0.15, 0.2) is 0 Å². The summed E-state index contributed by atoms with van der Waals surface area (Å²) in [5.41, 5.74) is 1.70. The first kappa shape index (κ1) is 13.5. The lowest BCUT2D eigenvalue weighted by Crippen LogP contribution is -2.18. The van der Waals surface area contributed by atoms with Crippen LogP contribution >= 0.6 is 0 Å². The summed E-state index contributed by atoms with van der Waals surface area (Å²) in [6, 6.07) is 6.82. The van der Waals surface area contributed by atoms with Gasteiger partial charge >= 0.3 is 6.61 Å². The number of H-pyrrole nitrogens is 1. The van der Waals surface area contributed by atoms with E-state index in [-0.39, 0.29) is 11.8 Å². The van der Waals surface area contributed by atoms with E-state index < -0.39 is 6.61 Å². The number of nitrogens with zero attached hydrogens (tertiary/aromatic N) is 1. The molecule has 0 aliphatic carbocycles. The summed E-state index contributed by atoms with van der Waals surface area (Å²) in [7, 11) is 0. The third kappa shape index (κ3) is 3.75. The largest absolute Gasteiger partial charge is 0.434 e. The van der Waals surface area contributed by atoms with Crippen molar-refractivity contribution in [2.45, 2.75) is 26.1 Å². The molecule has 1 aromatic carbocycles. The molecule has 19 heavy (non-hydrogen) atoms. The van der Waals surface area contributed by atoms with Crippen molar-refractivity contribution < 1.29 is 13.5 Å². The van der Waals surface area contributed by atoms with Gasteiger partial charge in [-0.2, -0.15) is 13.9 Å². The molecule has 2 rings (SSSR count). The van der Waals surface area contributed by atoms with Crippen LogP contribution in [0.15, 0.2) is 36.7 Å². The van der Waals surface area contributed by atoms with E-state index in [1.807, 2.05) is 6.92 Å². The molecular formula is C13H15F2N3O. The molecule has 0 saturated heterocycles. The van der Waals surface area contributed by atoms with Crippen LogP contribution in [0.25, 0.3) is 0 Å². The van der Waals surface area contributed by atoms with E-state index in [2.05, 4.69) is 20.3 Å². The highest BCUT2D eigenvalue weighted by Gasteiger charge is 2.11. The smallest absolute Gasteiger partial charge is 0.387 e. The standard InChI is InChI=1S/C13H15F2N3O/c1-9(11-7-17-18-8-11)16-6-10-4-2-3-5-12(10)19-13(14)15/h2-5,7-9,13,16H,6H2,1H3,(H,17,18). The van der Waals surface area contributed by atoms with Crippen LogP contribution in [0.1, 0.15) is 24.1 Å². The first-order valence-corrected chi connectivity index (χ1v) is 5.91. The molecule has 0 aliphatic heterocycles. The second-order valence-corrected chi connectivity index (χ2v) is 4.12. The molecule has 6 heteroatoms. The van der Waals surface area contributed by atoms with Crippen LogP contribution in [-0.4, -0.2) is 16.8 Å². The van der Waals surface area contributed by atoms with Crippen molar-refractivity contribution in [2.75, 3.05) is 0 Å². The minimum Gasteiger partial charge on any atom is -0.434 e. The predicted octanol–water partition coefficient (Wildman–Crippen LogP) is 2.86. The SMILES string of the molecule is CC(NCc1ccccc1OC(F)F)c1cn[nH]c1. The van der Waals surface area contributed by atoms with Crippen molar-refractivity contribution in [1.82, 2.24) is 15.5 Å². The van der Waals surface area contributed by atoms with Gasteiger partial charge in [-0.25, -0.2) is 0 Å². The zero-order chi connectivity index (χ0) is 13.7. The summed E-state index contributed by atoms with van der Waals surface area (Å²) >= 11 is 0. The quantitative estimate of drug-likeness (QED) is 0.846. The van der Waals surface area contributed by atoms with Crippen molar-refractivity contribution in [3.63, 3.8) is 0 Å².